The molecule has 0 aliphatic carbocycles. The number of anilines is 1. The molecule has 190 valence electrons. The first kappa shape index (κ1) is 25.8. The number of rotatable bonds is 8. The van der Waals surface area contributed by atoms with Crippen LogP contribution in [0.2, 0.25) is 0 Å². The Balaban J connectivity index is 1.89. The minimum Gasteiger partial charge on any atom is -0.507 e. The number of aliphatic hydroxyl groups excluding tert-OH is 1. The zero-order valence-electron chi connectivity index (χ0n) is 20.1. The molecule has 4 rings (SSSR count). The first-order chi connectivity index (χ1) is 17.8. The van der Waals surface area contributed by atoms with E-state index in [1.165, 1.54) is 30.3 Å². The number of esters is 1. The number of Topliss-reactive ketones (excluding diaryl/α,β-unsaturated/α-hetero) is 1. The van der Waals surface area contributed by atoms with Gasteiger partial charge in [-0.25, -0.2) is 14.2 Å². The van der Waals surface area contributed by atoms with Crippen LogP contribution < -0.4 is 9.64 Å². The maximum atomic E-state index is 15.1. The van der Waals surface area contributed by atoms with Crippen LogP contribution in [0.25, 0.3) is 5.76 Å². The van der Waals surface area contributed by atoms with E-state index in [0.717, 1.165) is 16.2 Å². The topological polar surface area (TPSA) is 106 Å². The van der Waals surface area contributed by atoms with Crippen LogP contribution in [0.4, 0.5) is 9.52 Å². The maximum Gasteiger partial charge on any atom is 0.350 e. The standard InChI is InChI=1S/C27H23FN2O6S/c1-4-13-36-26(34)24-15(3)29-27(37-24)30-21(18-11-6-7-12-19(18)28)20(23(32)25(30)33)22(31)16-9-8-10-17(14-16)35-5-2/h4,6-12,14,21,31H,1,5,13H2,2-3H3. The summed E-state index contributed by atoms with van der Waals surface area (Å²) < 4.78 is 25.6. The molecule has 8 nitrogen and oxygen atoms in total. The number of thiazole rings is 1. The van der Waals surface area contributed by atoms with E-state index in [9.17, 15) is 19.5 Å². The Bertz CT molecular complexity index is 1430. The lowest BCUT2D eigenvalue weighted by Crippen LogP contribution is -2.29. The normalized spacial score (nSPS) is 16.6. The Morgan fingerprint density at radius 1 is 1.24 bits per heavy atom. The number of ether oxygens (including phenoxy) is 2. The van der Waals surface area contributed by atoms with Gasteiger partial charge in [-0.15, -0.1) is 0 Å². The molecule has 1 fully saturated rings. The monoisotopic (exact) mass is 522 g/mol. The number of ketones is 1. The highest BCUT2D eigenvalue weighted by Gasteiger charge is 2.49. The van der Waals surface area contributed by atoms with Crippen molar-refractivity contribution in [2.75, 3.05) is 18.1 Å². The number of aliphatic hydroxyl groups is 1. The van der Waals surface area contributed by atoms with Crippen LogP contribution in [0.5, 0.6) is 5.75 Å². The Labute approximate surface area is 216 Å². The Hall–Kier alpha value is -4.31. The smallest absolute Gasteiger partial charge is 0.350 e. The molecule has 3 aromatic rings. The van der Waals surface area contributed by atoms with E-state index < -0.39 is 35.3 Å². The van der Waals surface area contributed by atoms with Gasteiger partial charge in [0.05, 0.1) is 17.9 Å². The molecule has 1 aliphatic heterocycles. The third-order valence-corrected chi connectivity index (χ3v) is 6.71. The summed E-state index contributed by atoms with van der Waals surface area (Å²) in [6.45, 7) is 7.21. The summed E-state index contributed by atoms with van der Waals surface area (Å²) in [5.41, 5.74) is 0.155. The number of hydrogen-bond acceptors (Lipinski definition) is 8. The lowest BCUT2D eigenvalue weighted by atomic mass is 9.95. The molecular weight excluding hydrogens is 499 g/mol. The van der Waals surface area contributed by atoms with E-state index in [1.807, 2.05) is 0 Å². The number of aromatic nitrogens is 1. The van der Waals surface area contributed by atoms with Gasteiger partial charge in [0, 0.05) is 11.1 Å². The molecule has 0 bridgehead atoms. The molecule has 2 heterocycles. The number of carbonyl (C=O) groups excluding carboxylic acids is 3. The van der Waals surface area contributed by atoms with Gasteiger partial charge in [0.15, 0.2) is 5.13 Å². The number of carbonyl (C=O) groups is 3. The molecule has 0 radical (unpaired) electrons. The van der Waals surface area contributed by atoms with Gasteiger partial charge < -0.3 is 14.6 Å². The Morgan fingerprint density at radius 2 is 2.00 bits per heavy atom. The van der Waals surface area contributed by atoms with Gasteiger partial charge in [-0.1, -0.05) is 54.3 Å². The highest BCUT2D eigenvalue weighted by molar-refractivity contribution is 7.17. The minimum absolute atomic E-state index is 0.0134. The molecule has 0 spiro atoms. The van der Waals surface area contributed by atoms with E-state index in [1.54, 1.807) is 38.1 Å². The predicted octanol–water partition coefficient (Wildman–Crippen LogP) is 4.96. The van der Waals surface area contributed by atoms with Crippen LogP contribution in [0.3, 0.4) is 0 Å². The van der Waals surface area contributed by atoms with Crippen molar-refractivity contribution in [1.29, 1.82) is 0 Å². The van der Waals surface area contributed by atoms with E-state index >= 15 is 4.39 Å². The number of nitrogens with zero attached hydrogens (tertiary/aromatic N) is 2. The Kier molecular flexibility index (Phi) is 7.49. The fourth-order valence-electron chi connectivity index (χ4n) is 3.95. The number of amides is 1. The number of aryl methyl sites for hydroxylation is 1. The molecule has 1 N–H and O–H groups in total. The quantitative estimate of drug-likeness (QED) is 0.147. The molecule has 2 aromatic carbocycles. The fourth-order valence-corrected chi connectivity index (χ4v) is 4.94. The van der Waals surface area contributed by atoms with Gasteiger partial charge >= 0.3 is 11.9 Å². The largest absolute Gasteiger partial charge is 0.507 e. The van der Waals surface area contributed by atoms with E-state index in [2.05, 4.69) is 11.6 Å². The second kappa shape index (κ2) is 10.8. The average molecular weight is 523 g/mol. The van der Waals surface area contributed by atoms with Gasteiger partial charge in [-0.2, -0.15) is 0 Å². The molecule has 1 aliphatic rings. The van der Waals surface area contributed by atoms with Gasteiger partial charge in [0.2, 0.25) is 0 Å². The van der Waals surface area contributed by atoms with Gasteiger partial charge in [-0.3, -0.25) is 14.5 Å². The second-order valence-corrected chi connectivity index (χ2v) is 8.93. The number of hydrogen-bond donors (Lipinski definition) is 1. The minimum atomic E-state index is -1.33. The summed E-state index contributed by atoms with van der Waals surface area (Å²) >= 11 is 0.830. The number of halogens is 1. The van der Waals surface area contributed by atoms with Crippen LogP contribution in [0, 0.1) is 12.7 Å². The summed E-state index contributed by atoms with van der Waals surface area (Å²) in [6, 6.07) is 10.7. The summed E-state index contributed by atoms with van der Waals surface area (Å²) in [4.78, 5) is 44.5. The molecule has 37 heavy (non-hydrogen) atoms. The van der Waals surface area contributed by atoms with Gasteiger partial charge in [0.25, 0.3) is 5.78 Å². The zero-order chi connectivity index (χ0) is 26.7. The van der Waals surface area contributed by atoms with Crippen molar-refractivity contribution in [2.45, 2.75) is 19.9 Å². The molecule has 1 aromatic heterocycles. The molecule has 1 amide bonds. The van der Waals surface area contributed by atoms with E-state index in [0.29, 0.717) is 12.4 Å². The molecule has 1 saturated heterocycles. The van der Waals surface area contributed by atoms with Crippen molar-refractivity contribution in [1.82, 2.24) is 4.98 Å². The lowest BCUT2D eigenvalue weighted by molar-refractivity contribution is -0.132. The first-order valence-electron chi connectivity index (χ1n) is 11.3. The van der Waals surface area contributed by atoms with Gasteiger partial charge in [-0.05, 0) is 32.0 Å². The zero-order valence-corrected chi connectivity index (χ0v) is 20.9. The summed E-state index contributed by atoms with van der Waals surface area (Å²) in [6.07, 6.45) is 1.41. The van der Waals surface area contributed by atoms with Crippen LogP contribution >= 0.6 is 11.3 Å². The molecule has 10 heteroatoms. The van der Waals surface area contributed by atoms with Crippen LogP contribution in [0.1, 0.15) is 39.5 Å². The molecule has 1 atom stereocenters. The fraction of sp³-hybridized carbons (Fsp3) is 0.185. The van der Waals surface area contributed by atoms with Crippen molar-refractivity contribution in [3.63, 3.8) is 0 Å². The third kappa shape index (κ3) is 4.88. The second-order valence-electron chi connectivity index (χ2n) is 7.95. The molecule has 0 saturated carbocycles. The van der Waals surface area contributed by atoms with Crippen molar-refractivity contribution in [3.05, 3.63) is 94.3 Å². The predicted molar refractivity (Wildman–Crippen MR) is 136 cm³/mol. The third-order valence-electron chi connectivity index (χ3n) is 5.57. The summed E-state index contributed by atoms with van der Waals surface area (Å²) in [5.74, 6) is -3.44. The highest BCUT2D eigenvalue weighted by Crippen LogP contribution is 2.44. The Morgan fingerprint density at radius 3 is 2.70 bits per heavy atom. The van der Waals surface area contributed by atoms with E-state index in [4.69, 9.17) is 9.47 Å². The number of benzene rings is 2. The summed E-state index contributed by atoms with van der Waals surface area (Å²) in [5, 5.41) is 11.2. The average Bonchev–Trinajstić information content (AvgIpc) is 3.39. The summed E-state index contributed by atoms with van der Waals surface area (Å²) in [7, 11) is 0. The molecular formula is C27H23FN2O6S. The van der Waals surface area contributed by atoms with Crippen LogP contribution in [0.15, 0.2) is 66.8 Å². The van der Waals surface area contributed by atoms with E-state index in [-0.39, 0.29) is 39.0 Å². The van der Waals surface area contributed by atoms with Crippen molar-refractivity contribution < 1.29 is 33.4 Å². The van der Waals surface area contributed by atoms with Crippen molar-refractivity contribution in [3.8, 4) is 5.75 Å². The highest BCUT2D eigenvalue weighted by atomic mass is 32.1. The van der Waals surface area contributed by atoms with Crippen molar-refractivity contribution in [2.24, 2.45) is 0 Å². The SMILES string of the molecule is C=CCOC(=O)c1sc(N2C(=O)C(=O)C(=C(O)c3cccc(OCC)c3)C2c2ccccc2F)nc1C. The maximum absolute atomic E-state index is 15.1. The van der Waals surface area contributed by atoms with Crippen LogP contribution in [-0.4, -0.2) is 41.0 Å². The first-order valence-corrected chi connectivity index (χ1v) is 12.1. The van der Waals surface area contributed by atoms with Crippen LogP contribution in [-0.2, 0) is 14.3 Å². The van der Waals surface area contributed by atoms with Gasteiger partial charge in [0.1, 0.15) is 34.9 Å². The lowest BCUT2D eigenvalue weighted by Gasteiger charge is -2.23. The van der Waals surface area contributed by atoms with Crippen molar-refractivity contribution >= 4 is 39.9 Å². The molecule has 1 unspecified atom stereocenters.